The number of hydrogen-bond donors (Lipinski definition) is 0. The van der Waals surface area contributed by atoms with Gasteiger partial charge in [0.05, 0.1) is 6.61 Å². The van der Waals surface area contributed by atoms with Crippen molar-refractivity contribution in [3.8, 4) is 5.75 Å². The second kappa shape index (κ2) is 15.3. The van der Waals surface area contributed by atoms with Crippen LogP contribution >= 0.6 is 0 Å². The van der Waals surface area contributed by atoms with Crippen LogP contribution in [0.1, 0.15) is 84.6 Å². The maximum absolute atomic E-state index is 11.0. The lowest BCUT2D eigenvalue weighted by molar-refractivity contribution is -0.127. The van der Waals surface area contributed by atoms with Crippen molar-refractivity contribution in [1.82, 2.24) is 9.80 Å². The molecule has 0 saturated carbocycles. The van der Waals surface area contributed by atoms with E-state index in [4.69, 9.17) is 4.74 Å². The minimum Gasteiger partial charge on any atom is -0.494 e. The van der Waals surface area contributed by atoms with Crippen molar-refractivity contribution in [3.63, 3.8) is 0 Å². The smallest absolute Gasteiger partial charge is 0.222 e. The number of likely N-dealkylation sites (tertiary alicyclic amines) is 1. The van der Waals surface area contributed by atoms with Gasteiger partial charge >= 0.3 is 0 Å². The molecule has 4 nitrogen and oxygen atoms in total. The number of hydrogen-bond acceptors (Lipinski definition) is 3. The molecule has 0 aromatic heterocycles. The first-order valence-corrected chi connectivity index (χ1v) is 11.8. The molecule has 29 heavy (non-hydrogen) atoms. The van der Waals surface area contributed by atoms with E-state index < -0.39 is 0 Å². The van der Waals surface area contributed by atoms with Crippen LogP contribution in [0.15, 0.2) is 24.3 Å². The number of rotatable bonds is 12. The molecule has 0 aliphatic carbocycles. The summed E-state index contributed by atoms with van der Waals surface area (Å²) in [6.07, 6.45) is 6.47. The topological polar surface area (TPSA) is 32.8 Å². The van der Waals surface area contributed by atoms with Crippen molar-refractivity contribution in [2.45, 2.75) is 79.1 Å². The van der Waals surface area contributed by atoms with Gasteiger partial charge in [0.25, 0.3) is 0 Å². The van der Waals surface area contributed by atoms with E-state index in [1.54, 1.807) is 0 Å². The minimum atomic E-state index is 0.355. The van der Waals surface area contributed by atoms with E-state index in [0.717, 1.165) is 70.8 Å². The highest BCUT2D eigenvalue weighted by Crippen LogP contribution is 2.21. The molecule has 1 saturated heterocycles. The summed E-state index contributed by atoms with van der Waals surface area (Å²) in [7, 11) is 0. The van der Waals surface area contributed by atoms with Crippen molar-refractivity contribution in [2.24, 2.45) is 0 Å². The van der Waals surface area contributed by atoms with E-state index in [1.165, 1.54) is 18.4 Å². The summed E-state index contributed by atoms with van der Waals surface area (Å²) in [5, 5.41) is 0. The second-order valence-corrected chi connectivity index (χ2v) is 7.95. The molecule has 0 radical (unpaired) electrons. The third-order valence-corrected chi connectivity index (χ3v) is 5.80. The molecule has 1 aliphatic heterocycles. The van der Waals surface area contributed by atoms with Gasteiger partial charge in [-0.25, -0.2) is 0 Å². The van der Waals surface area contributed by atoms with E-state index in [9.17, 15) is 4.79 Å². The van der Waals surface area contributed by atoms with Crippen LogP contribution in [0.5, 0.6) is 5.75 Å². The fraction of sp³-hybridized carbons (Fsp3) is 0.720. The first-order chi connectivity index (χ1) is 14.0. The number of benzene rings is 1. The molecular weight excluding hydrogens is 360 g/mol. The number of amides is 1. The van der Waals surface area contributed by atoms with Gasteiger partial charge in [0.2, 0.25) is 5.91 Å². The standard InChI is InChI=1S/C17H29NO.C8H15NO/c1-5-15(4)16-9-11-17(12-10-16)19-14-8-13-18(6-2)7-3;1-2-3-6-9-7-4-5-8(9)10/h9-12,15H,5-8,13-14H2,1-4H3;2-7H2,1H3. The van der Waals surface area contributed by atoms with E-state index in [1.807, 2.05) is 4.90 Å². The van der Waals surface area contributed by atoms with Gasteiger partial charge in [0.15, 0.2) is 0 Å². The summed E-state index contributed by atoms with van der Waals surface area (Å²) in [5.41, 5.74) is 1.40. The van der Waals surface area contributed by atoms with Gasteiger partial charge in [0, 0.05) is 26.1 Å². The number of unbranched alkanes of at least 4 members (excludes halogenated alkanes) is 1. The minimum absolute atomic E-state index is 0.355. The van der Waals surface area contributed by atoms with Crippen LogP contribution in [-0.2, 0) is 4.79 Å². The summed E-state index contributed by atoms with van der Waals surface area (Å²) in [6, 6.07) is 8.57. The summed E-state index contributed by atoms with van der Waals surface area (Å²) in [4.78, 5) is 15.4. The Morgan fingerprint density at radius 1 is 1.07 bits per heavy atom. The Morgan fingerprint density at radius 3 is 2.28 bits per heavy atom. The number of carbonyl (C=O) groups is 1. The molecule has 2 rings (SSSR count). The zero-order chi connectivity index (χ0) is 21.5. The van der Waals surface area contributed by atoms with E-state index in [2.05, 4.69) is 63.8 Å². The monoisotopic (exact) mass is 404 g/mol. The van der Waals surface area contributed by atoms with Gasteiger partial charge in [-0.2, -0.15) is 0 Å². The lowest BCUT2D eigenvalue weighted by atomic mass is 9.99. The Bertz CT molecular complexity index is 540. The van der Waals surface area contributed by atoms with Crippen LogP contribution in [0.25, 0.3) is 0 Å². The molecule has 1 unspecified atom stereocenters. The number of nitrogens with zero attached hydrogens (tertiary/aromatic N) is 2. The van der Waals surface area contributed by atoms with Crippen LogP contribution in [-0.4, -0.2) is 55.0 Å². The maximum Gasteiger partial charge on any atom is 0.222 e. The molecule has 1 amide bonds. The third-order valence-electron chi connectivity index (χ3n) is 5.80. The highest BCUT2D eigenvalue weighted by Gasteiger charge is 2.18. The average Bonchev–Trinajstić information content (AvgIpc) is 3.17. The van der Waals surface area contributed by atoms with Crippen molar-refractivity contribution in [3.05, 3.63) is 29.8 Å². The normalized spacial score (nSPS) is 14.7. The van der Waals surface area contributed by atoms with E-state index in [-0.39, 0.29) is 0 Å². The first-order valence-electron chi connectivity index (χ1n) is 11.8. The molecule has 0 N–H and O–H groups in total. The van der Waals surface area contributed by atoms with Crippen molar-refractivity contribution >= 4 is 5.91 Å². The zero-order valence-corrected chi connectivity index (χ0v) is 19.6. The Kier molecular flexibility index (Phi) is 13.5. The highest BCUT2D eigenvalue weighted by atomic mass is 16.5. The molecule has 1 atom stereocenters. The molecule has 0 bridgehead atoms. The molecular formula is C25H44N2O2. The van der Waals surface area contributed by atoms with E-state index in [0.29, 0.717) is 11.8 Å². The summed E-state index contributed by atoms with van der Waals surface area (Å²) < 4.78 is 5.79. The second-order valence-electron chi connectivity index (χ2n) is 7.95. The molecule has 1 aromatic rings. The van der Waals surface area contributed by atoms with Crippen LogP contribution in [0.4, 0.5) is 0 Å². The van der Waals surface area contributed by atoms with Gasteiger partial charge in [-0.1, -0.05) is 53.2 Å². The SMILES string of the molecule is CCC(C)c1ccc(OCCCN(CC)CC)cc1.CCCCN1CCCC1=O. The molecule has 1 aromatic carbocycles. The molecule has 1 heterocycles. The maximum atomic E-state index is 11.0. The van der Waals surface area contributed by atoms with Crippen LogP contribution in [0.2, 0.25) is 0 Å². The van der Waals surface area contributed by atoms with Gasteiger partial charge in [-0.3, -0.25) is 4.79 Å². The zero-order valence-electron chi connectivity index (χ0n) is 19.6. The Morgan fingerprint density at radius 2 is 1.76 bits per heavy atom. The van der Waals surface area contributed by atoms with Gasteiger partial charge in [-0.15, -0.1) is 0 Å². The molecule has 1 fully saturated rings. The molecule has 1 aliphatic rings. The lowest BCUT2D eigenvalue weighted by Gasteiger charge is -2.17. The molecule has 0 spiro atoms. The Hall–Kier alpha value is -1.55. The van der Waals surface area contributed by atoms with Crippen LogP contribution < -0.4 is 4.74 Å². The van der Waals surface area contributed by atoms with Crippen LogP contribution in [0.3, 0.4) is 0 Å². The first kappa shape index (κ1) is 25.5. The predicted octanol–water partition coefficient (Wildman–Crippen LogP) is 5.72. The number of carbonyl (C=O) groups excluding carboxylic acids is 1. The van der Waals surface area contributed by atoms with Crippen LogP contribution in [0, 0.1) is 0 Å². The average molecular weight is 405 g/mol. The van der Waals surface area contributed by atoms with Crippen molar-refractivity contribution in [1.29, 1.82) is 0 Å². The largest absolute Gasteiger partial charge is 0.494 e. The highest BCUT2D eigenvalue weighted by molar-refractivity contribution is 5.77. The fourth-order valence-electron chi connectivity index (χ4n) is 3.44. The lowest BCUT2D eigenvalue weighted by Crippen LogP contribution is -2.25. The molecule has 4 heteroatoms. The predicted molar refractivity (Wildman–Crippen MR) is 124 cm³/mol. The van der Waals surface area contributed by atoms with E-state index >= 15 is 0 Å². The fourth-order valence-corrected chi connectivity index (χ4v) is 3.44. The Balaban J connectivity index is 0.000000352. The van der Waals surface area contributed by atoms with Gasteiger partial charge in [-0.05, 0) is 62.4 Å². The molecule has 166 valence electrons. The van der Waals surface area contributed by atoms with Gasteiger partial charge in [0.1, 0.15) is 5.75 Å². The van der Waals surface area contributed by atoms with Crippen molar-refractivity contribution in [2.75, 3.05) is 39.3 Å². The van der Waals surface area contributed by atoms with Gasteiger partial charge < -0.3 is 14.5 Å². The summed E-state index contributed by atoms with van der Waals surface area (Å²) in [6.45, 7) is 17.2. The third kappa shape index (κ3) is 10.2. The number of ether oxygens (including phenoxy) is 1. The Labute approximate surface area is 179 Å². The summed E-state index contributed by atoms with van der Waals surface area (Å²) in [5.74, 6) is 1.98. The summed E-state index contributed by atoms with van der Waals surface area (Å²) >= 11 is 0. The quantitative estimate of drug-likeness (QED) is 0.418. The van der Waals surface area contributed by atoms with Crippen molar-refractivity contribution < 1.29 is 9.53 Å².